The summed E-state index contributed by atoms with van der Waals surface area (Å²) in [5.41, 5.74) is 1.03. The maximum Gasteiger partial charge on any atom is 0.267 e. The lowest BCUT2D eigenvalue weighted by molar-refractivity contribution is -0.117. The quantitative estimate of drug-likeness (QED) is 0.745. The number of nitrogens with zero attached hydrogens (tertiary/aromatic N) is 2. The van der Waals surface area contributed by atoms with Crippen molar-refractivity contribution in [3.63, 3.8) is 0 Å². The van der Waals surface area contributed by atoms with Crippen LogP contribution in [0.25, 0.3) is 0 Å². The zero-order chi connectivity index (χ0) is 17.6. The Labute approximate surface area is 151 Å². The van der Waals surface area contributed by atoms with Crippen molar-refractivity contribution in [1.29, 1.82) is 0 Å². The van der Waals surface area contributed by atoms with Crippen LogP contribution in [0, 0.1) is 5.82 Å². The fourth-order valence-corrected chi connectivity index (χ4v) is 3.50. The Morgan fingerprint density at radius 2 is 2.04 bits per heavy atom. The van der Waals surface area contributed by atoms with Gasteiger partial charge >= 0.3 is 0 Å². The van der Waals surface area contributed by atoms with E-state index in [1.807, 2.05) is 0 Å². The van der Waals surface area contributed by atoms with Crippen molar-refractivity contribution < 1.29 is 14.0 Å². The number of aromatic nitrogens is 1. The molecule has 0 aliphatic carbocycles. The molecule has 0 unspecified atom stereocenters. The molecule has 2 heterocycles. The Morgan fingerprint density at radius 1 is 1.20 bits per heavy atom. The van der Waals surface area contributed by atoms with Crippen molar-refractivity contribution in [2.24, 2.45) is 4.99 Å². The minimum atomic E-state index is -0.465. The molecule has 5 nitrogen and oxygen atoms in total. The summed E-state index contributed by atoms with van der Waals surface area (Å²) >= 11 is 2.69. The van der Waals surface area contributed by atoms with E-state index >= 15 is 0 Å². The Bertz CT molecular complexity index is 945. The van der Waals surface area contributed by atoms with E-state index in [0.29, 0.717) is 15.9 Å². The Hall–Kier alpha value is -2.58. The number of rotatable bonds is 5. The van der Waals surface area contributed by atoms with Crippen LogP contribution in [0.15, 0.2) is 57.7 Å². The standard InChI is InChI=1S/C17H14FN3O2S2/c18-14-4-2-1-3-12(14)10-21-6-8-25-17(21)20-15(22)9-19-16(23)13-5-7-24-11-13/h1-8,11H,9-10H2,(H,19,23). The minimum Gasteiger partial charge on any atom is -0.343 e. The smallest absolute Gasteiger partial charge is 0.267 e. The van der Waals surface area contributed by atoms with Gasteiger partial charge in [0.05, 0.1) is 13.1 Å². The molecule has 1 aromatic carbocycles. The van der Waals surface area contributed by atoms with Crippen molar-refractivity contribution in [2.45, 2.75) is 6.54 Å². The highest BCUT2D eigenvalue weighted by molar-refractivity contribution is 7.08. The van der Waals surface area contributed by atoms with Crippen LogP contribution in [-0.4, -0.2) is 22.9 Å². The lowest BCUT2D eigenvalue weighted by Crippen LogP contribution is -2.29. The van der Waals surface area contributed by atoms with Gasteiger partial charge in [-0.25, -0.2) is 4.39 Å². The Morgan fingerprint density at radius 3 is 2.80 bits per heavy atom. The lowest BCUT2D eigenvalue weighted by Gasteiger charge is -2.04. The molecule has 3 aromatic rings. The van der Waals surface area contributed by atoms with Gasteiger partial charge in [-0.3, -0.25) is 9.59 Å². The number of nitrogens with one attached hydrogen (secondary N) is 1. The third-order valence-corrected chi connectivity index (χ3v) is 4.84. The summed E-state index contributed by atoms with van der Waals surface area (Å²) in [5.74, 6) is -1.08. The molecule has 25 heavy (non-hydrogen) atoms. The summed E-state index contributed by atoms with van der Waals surface area (Å²) in [6, 6.07) is 8.15. The van der Waals surface area contributed by atoms with Gasteiger partial charge in [-0.1, -0.05) is 18.2 Å². The highest BCUT2D eigenvalue weighted by Crippen LogP contribution is 2.08. The predicted molar refractivity (Wildman–Crippen MR) is 95.0 cm³/mol. The zero-order valence-corrected chi connectivity index (χ0v) is 14.6. The van der Waals surface area contributed by atoms with Crippen molar-refractivity contribution in [3.8, 4) is 0 Å². The molecule has 0 spiro atoms. The number of hydrogen-bond acceptors (Lipinski definition) is 4. The van der Waals surface area contributed by atoms with Crippen LogP contribution in [0.1, 0.15) is 15.9 Å². The molecule has 8 heteroatoms. The first-order chi connectivity index (χ1) is 12.1. The summed E-state index contributed by atoms with van der Waals surface area (Å²) in [4.78, 5) is 28.3. The van der Waals surface area contributed by atoms with Crippen LogP contribution < -0.4 is 10.1 Å². The van der Waals surface area contributed by atoms with Gasteiger partial charge in [0, 0.05) is 28.1 Å². The predicted octanol–water partition coefficient (Wildman–Crippen LogP) is 2.66. The van der Waals surface area contributed by atoms with E-state index < -0.39 is 5.91 Å². The summed E-state index contributed by atoms with van der Waals surface area (Å²) in [5, 5.41) is 7.81. The second-order valence-electron chi connectivity index (χ2n) is 5.11. The maximum absolute atomic E-state index is 13.8. The van der Waals surface area contributed by atoms with Crippen LogP contribution >= 0.6 is 22.7 Å². The van der Waals surface area contributed by atoms with E-state index in [-0.39, 0.29) is 24.8 Å². The fourth-order valence-electron chi connectivity index (χ4n) is 2.12. The maximum atomic E-state index is 13.8. The SMILES string of the molecule is O=C(CNC(=O)c1ccsc1)N=c1sccn1Cc1ccccc1F. The van der Waals surface area contributed by atoms with Crippen LogP contribution in [0.5, 0.6) is 0 Å². The molecule has 2 aromatic heterocycles. The van der Waals surface area contributed by atoms with Crippen molar-refractivity contribution in [1.82, 2.24) is 9.88 Å². The molecule has 0 aliphatic rings. The van der Waals surface area contributed by atoms with Crippen LogP contribution in [0.3, 0.4) is 0 Å². The number of carbonyl (C=O) groups excluding carboxylic acids is 2. The topological polar surface area (TPSA) is 63.5 Å². The van der Waals surface area contributed by atoms with E-state index in [4.69, 9.17) is 0 Å². The van der Waals surface area contributed by atoms with E-state index in [0.717, 1.165) is 0 Å². The molecule has 0 saturated carbocycles. The summed E-state index contributed by atoms with van der Waals surface area (Å²) < 4.78 is 15.5. The molecule has 0 atom stereocenters. The highest BCUT2D eigenvalue weighted by Gasteiger charge is 2.08. The van der Waals surface area contributed by atoms with E-state index in [1.54, 1.807) is 51.2 Å². The number of halogens is 1. The lowest BCUT2D eigenvalue weighted by atomic mass is 10.2. The van der Waals surface area contributed by atoms with Gasteiger partial charge in [-0.15, -0.1) is 11.3 Å². The number of hydrogen-bond donors (Lipinski definition) is 1. The molecule has 1 N–H and O–H groups in total. The zero-order valence-electron chi connectivity index (χ0n) is 13.0. The van der Waals surface area contributed by atoms with E-state index in [2.05, 4.69) is 10.3 Å². The van der Waals surface area contributed by atoms with Gasteiger partial charge in [0.15, 0.2) is 4.80 Å². The molecule has 2 amide bonds. The number of thiazole rings is 1. The highest BCUT2D eigenvalue weighted by atomic mass is 32.1. The number of thiophene rings is 1. The van der Waals surface area contributed by atoms with Gasteiger partial charge in [-0.2, -0.15) is 16.3 Å². The molecule has 0 aliphatic heterocycles. The van der Waals surface area contributed by atoms with Gasteiger partial charge in [0.2, 0.25) is 0 Å². The Kier molecular flexibility index (Phi) is 5.52. The van der Waals surface area contributed by atoms with Crippen LogP contribution in [0.2, 0.25) is 0 Å². The fraction of sp³-hybridized carbons (Fsp3) is 0.118. The molecule has 0 radical (unpaired) electrons. The third kappa shape index (κ3) is 4.49. The monoisotopic (exact) mass is 375 g/mol. The molecular formula is C17H14FN3O2S2. The molecule has 0 bridgehead atoms. The minimum absolute atomic E-state index is 0.188. The van der Waals surface area contributed by atoms with Crippen molar-refractivity contribution in [2.75, 3.05) is 6.54 Å². The second-order valence-corrected chi connectivity index (χ2v) is 6.76. The Balaban J connectivity index is 1.67. The average molecular weight is 375 g/mol. The first-order valence-corrected chi connectivity index (χ1v) is 9.21. The van der Waals surface area contributed by atoms with Crippen molar-refractivity contribution in [3.05, 3.63) is 74.4 Å². The number of benzene rings is 1. The first kappa shape index (κ1) is 17.2. The van der Waals surface area contributed by atoms with Gasteiger partial charge in [-0.05, 0) is 17.5 Å². The van der Waals surface area contributed by atoms with Crippen LogP contribution in [-0.2, 0) is 11.3 Å². The average Bonchev–Trinajstić information content (AvgIpc) is 3.27. The van der Waals surface area contributed by atoms with Crippen LogP contribution in [0.4, 0.5) is 4.39 Å². The summed E-state index contributed by atoms with van der Waals surface area (Å²) in [6.07, 6.45) is 1.74. The summed E-state index contributed by atoms with van der Waals surface area (Å²) in [6.45, 7) is 0.0931. The molecule has 128 valence electrons. The number of amides is 2. The van der Waals surface area contributed by atoms with Gasteiger partial charge < -0.3 is 9.88 Å². The van der Waals surface area contributed by atoms with Gasteiger partial charge in [0.1, 0.15) is 5.82 Å². The molecule has 0 fully saturated rings. The third-order valence-electron chi connectivity index (χ3n) is 3.36. The van der Waals surface area contributed by atoms with E-state index in [1.165, 1.54) is 28.7 Å². The summed E-state index contributed by atoms with van der Waals surface area (Å²) in [7, 11) is 0. The first-order valence-electron chi connectivity index (χ1n) is 7.39. The molecular weight excluding hydrogens is 361 g/mol. The normalized spacial score (nSPS) is 11.5. The molecule has 3 rings (SSSR count). The van der Waals surface area contributed by atoms with E-state index in [9.17, 15) is 14.0 Å². The molecule has 0 saturated heterocycles. The van der Waals surface area contributed by atoms with Gasteiger partial charge in [0.25, 0.3) is 11.8 Å². The van der Waals surface area contributed by atoms with Crippen molar-refractivity contribution >= 4 is 34.5 Å². The second kappa shape index (κ2) is 8.00. The number of carbonyl (C=O) groups is 2. The largest absolute Gasteiger partial charge is 0.343 e.